The Bertz CT molecular complexity index is 1210. The molecule has 3 aliphatic rings. The minimum absolute atomic E-state index is 0.00687. The van der Waals surface area contributed by atoms with Gasteiger partial charge in [0.2, 0.25) is 5.91 Å². The summed E-state index contributed by atoms with van der Waals surface area (Å²) in [6, 6.07) is 3.45. The summed E-state index contributed by atoms with van der Waals surface area (Å²) in [5.74, 6) is 2.05. The summed E-state index contributed by atoms with van der Waals surface area (Å²) >= 11 is 6.53. The van der Waals surface area contributed by atoms with Crippen LogP contribution in [-0.4, -0.2) is 41.8 Å². The number of aliphatic hydroxyl groups is 1. The van der Waals surface area contributed by atoms with Crippen molar-refractivity contribution in [2.45, 2.75) is 19.3 Å². The topological polar surface area (TPSA) is 136 Å². The number of nitrogen functional groups attached to an aromatic ring is 1. The number of nitrogens with two attached hydrogens (primary N) is 1. The molecule has 0 saturated carbocycles. The molecule has 188 valence electrons. The van der Waals surface area contributed by atoms with E-state index in [1.165, 1.54) is 6.08 Å². The van der Waals surface area contributed by atoms with Crippen LogP contribution < -0.4 is 16.4 Å². The summed E-state index contributed by atoms with van der Waals surface area (Å²) in [4.78, 5) is 27.8. The predicted octanol–water partition coefficient (Wildman–Crippen LogP) is 3.43. The number of hydrogen-bond acceptors (Lipinski definition) is 7. The van der Waals surface area contributed by atoms with Crippen molar-refractivity contribution in [3.05, 3.63) is 87.7 Å². The third-order valence-corrected chi connectivity index (χ3v) is 6.04. The van der Waals surface area contributed by atoms with Gasteiger partial charge < -0.3 is 30.9 Å². The Kier molecular flexibility index (Phi) is 8.24. The van der Waals surface area contributed by atoms with Crippen molar-refractivity contribution in [2.24, 2.45) is 5.92 Å². The quantitative estimate of drug-likeness (QED) is 0.393. The van der Waals surface area contributed by atoms with Crippen LogP contribution in [0.5, 0.6) is 0 Å². The number of hydrogen-bond donors (Lipinski definition) is 4. The summed E-state index contributed by atoms with van der Waals surface area (Å²) in [6.07, 6.45) is 13.7. The van der Waals surface area contributed by atoms with Crippen LogP contribution in [0.25, 0.3) is 6.08 Å². The van der Waals surface area contributed by atoms with E-state index < -0.39 is 6.09 Å². The predicted molar refractivity (Wildman–Crippen MR) is 136 cm³/mol. The van der Waals surface area contributed by atoms with Crippen LogP contribution in [0.3, 0.4) is 0 Å². The normalized spacial score (nSPS) is 19.0. The average Bonchev–Trinajstić information content (AvgIpc) is 3.30. The van der Waals surface area contributed by atoms with Crippen molar-refractivity contribution in [1.82, 2.24) is 15.6 Å². The molecule has 0 saturated heterocycles. The minimum Gasteiger partial charge on any atom is -0.462 e. The van der Waals surface area contributed by atoms with Crippen molar-refractivity contribution in [2.75, 3.05) is 25.4 Å². The fourth-order valence-corrected chi connectivity index (χ4v) is 4.28. The Labute approximate surface area is 213 Å². The van der Waals surface area contributed by atoms with Crippen LogP contribution in [0, 0.1) is 5.92 Å². The van der Waals surface area contributed by atoms with Crippen molar-refractivity contribution >= 4 is 35.5 Å². The number of ether oxygens (including phenoxy) is 2. The summed E-state index contributed by atoms with van der Waals surface area (Å²) in [5.41, 5.74) is 8.55. The van der Waals surface area contributed by atoms with E-state index in [1.54, 1.807) is 30.5 Å². The van der Waals surface area contributed by atoms with Gasteiger partial charge in [-0.1, -0.05) is 17.7 Å². The van der Waals surface area contributed by atoms with E-state index in [4.69, 9.17) is 31.9 Å². The van der Waals surface area contributed by atoms with E-state index in [1.807, 2.05) is 18.2 Å². The Hall–Kier alpha value is -3.82. The summed E-state index contributed by atoms with van der Waals surface area (Å²) < 4.78 is 11.2. The number of fused-ring (bicyclic) bond motifs is 1. The van der Waals surface area contributed by atoms with E-state index in [0.717, 1.165) is 23.1 Å². The first-order valence-electron chi connectivity index (χ1n) is 11.5. The van der Waals surface area contributed by atoms with Crippen LogP contribution in [0.4, 0.5) is 10.6 Å². The van der Waals surface area contributed by atoms with Gasteiger partial charge in [0.25, 0.3) is 0 Å². The first-order chi connectivity index (χ1) is 17.4. The highest BCUT2D eigenvalue weighted by Crippen LogP contribution is 2.42. The number of carbonyl (C=O) groups is 2. The van der Waals surface area contributed by atoms with Gasteiger partial charge in [-0.05, 0) is 66.0 Å². The van der Waals surface area contributed by atoms with Gasteiger partial charge in [0.1, 0.15) is 23.1 Å². The standard InChI is InChI=1S/C26H27ClN4O5/c27-22-13-18(17-3-5-20(6-4-17)36-26(34)29-9-10-32)11-19-12-21(35-25(19)22)15-31-24(33)8-2-16-1-7-23(28)30-14-16/h1-3,5,7-8,12-14,19,32H,4,6,9-11,15H2,(H2,28,30)(H,29,34)(H,31,33). The molecule has 1 aromatic rings. The highest BCUT2D eigenvalue weighted by molar-refractivity contribution is 6.31. The van der Waals surface area contributed by atoms with E-state index in [0.29, 0.717) is 41.0 Å². The molecule has 1 aromatic heterocycles. The maximum absolute atomic E-state index is 12.2. The highest BCUT2D eigenvalue weighted by Gasteiger charge is 2.31. The van der Waals surface area contributed by atoms with E-state index in [2.05, 4.69) is 15.6 Å². The van der Waals surface area contributed by atoms with Gasteiger partial charge in [-0.15, -0.1) is 0 Å². The average molecular weight is 511 g/mol. The molecular weight excluding hydrogens is 484 g/mol. The number of nitrogens with one attached hydrogen (secondary N) is 2. The van der Waals surface area contributed by atoms with Crippen LogP contribution in [0.15, 0.2) is 82.2 Å². The van der Waals surface area contributed by atoms with Gasteiger partial charge >= 0.3 is 6.09 Å². The Morgan fingerprint density at radius 2 is 2.11 bits per heavy atom. The molecule has 0 bridgehead atoms. The van der Waals surface area contributed by atoms with Gasteiger partial charge in [-0.25, -0.2) is 9.78 Å². The van der Waals surface area contributed by atoms with Gasteiger partial charge in [-0.3, -0.25) is 4.79 Å². The minimum atomic E-state index is -0.578. The lowest BCUT2D eigenvalue weighted by Crippen LogP contribution is -2.27. The number of anilines is 1. The molecular formula is C26H27ClN4O5. The molecule has 1 aliphatic heterocycles. The van der Waals surface area contributed by atoms with Gasteiger partial charge in [0, 0.05) is 31.2 Å². The van der Waals surface area contributed by atoms with Crippen molar-refractivity contribution in [1.29, 1.82) is 0 Å². The molecule has 2 amide bonds. The van der Waals surface area contributed by atoms with E-state index >= 15 is 0 Å². The van der Waals surface area contributed by atoms with E-state index in [9.17, 15) is 9.59 Å². The monoisotopic (exact) mass is 510 g/mol. The fourth-order valence-electron chi connectivity index (χ4n) is 3.97. The Morgan fingerprint density at radius 3 is 2.83 bits per heavy atom. The van der Waals surface area contributed by atoms with Crippen LogP contribution in [-0.2, 0) is 14.3 Å². The lowest BCUT2D eigenvalue weighted by atomic mass is 9.85. The number of alkyl carbamates (subject to hydrolysis) is 1. The largest absolute Gasteiger partial charge is 0.462 e. The zero-order valence-electron chi connectivity index (χ0n) is 19.5. The second kappa shape index (κ2) is 11.7. The molecule has 2 aliphatic carbocycles. The second-order valence-corrected chi connectivity index (χ2v) is 8.77. The molecule has 0 spiro atoms. The number of amides is 2. The third-order valence-electron chi connectivity index (χ3n) is 5.74. The first kappa shape index (κ1) is 25.3. The van der Waals surface area contributed by atoms with Gasteiger partial charge in [0.15, 0.2) is 0 Å². The molecule has 9 nitrogen and oxygen atoms in total. The molecule has 4 rings (SSSR count). The number of allylic oxidation sites excluding steroid dienone is 8. The zero-order valence-corrected chi connectivity index (χ0v) is 20.3. The van der Waals surface area contributed by atoms with Crippen LogP contribution in [0.2, 0.25) is 0 Å². The number of halogens is 1. The molecule has 0 aromatic carbocycles. The van der Waals surface area contributed by atoms with Crippen LogP contribution >= 0.6 is 11.6 Å². The van der Waals surface area contributed by atoms with Crippen molar-refractivity contribution in [3.63, 3.8) is 0 Å². The molecule has 5 N–H and O–H groups in total. The summed E-state index contributed by atoms with van der Waals surface area (Å²) in [6.45, 7) is 0.247. The SMILES string of the molecule is Nc1ccc(C=CC(=O)NCC2=CC3CC(C4=CC=C(OC(=O)NCCO)CC4)=CC(Cl)=C3O2)cn1. The highest BCUT2D eigenvalue weighted by atomic mass is 35.5. The molecule has 0 radical (unpaired) electrons. The second-order valence-electron chi connectivity index (χ2n) is 8.36. The number of carbonyl (C=O) groups excluding carboxylic acids is 2. The first-order valence-corrected chi connectivity index (χ1v) is 11.9. The van der Waals surface area contributed by atoms with Crippen molar-refractivity contribution in [3.8, 4) is 0 Å². The number of rotatable bonds is 8. The van der Waals surface area contributed by atoms with Crippen molar-refractivity contribution < 1.29 is 24.2 Å². The maximum atomic E-state index is 12.2. The maximum Gasteiger partial charge on any atom is 0.412 e. The Morgan fingerprint density at radius 1 is 1.25 bits per heavy atom. The third kappa shape index (κ3) is 6.65. The zero-order chi connectivity index (χ0) is 25.5. The van der Waals surface area contributed by atoms with E-state index in [-0.39, 0.29) is 31.5 Å². The molecule has 1 unspecified atom stereocenters. The molecule has 1 atom stereocenters. The van der Waals surface area contributed by atoms with Gasteiger partial charge in [-0.2, -0.15) is 0 Å². The number of nitrogens with zero attached hydrogens (tertiary/aromatic N) is 1. The Balaban J connectivity index is 1.31. The molecule has 0 fully saturated rings. The lowest BCUT2D eigenvalue weighted by molar-refractivity contribution is -0.116. The van der Waals surface area contributed by atoms with Crippen LogP contribution in [0.1, 0.15) is 24.8 Å². The fraction of sp³-hybridized carbons (Fsp3) is 0.269. The van der Waals surface area contributed by atoms with Gasteiger partial charge in [0.05, 0.1) is 18.2 Å². The summed E-state index contributed by atoms with van der Waals surface area (Å²) in [7, 11) is 0. The summed E-state index contributed by atoms with van der Waals surface area (Å²) in [5, 5.41) is 14.6. The molecule has 10 heteroatoms. The number of aromatic nitrogens is 1. The molecule has 2 heterocycles. The smallest absolute Gasteiger partial charge is 0.412 e. The number of pyridine rings is 1. The number of aliphatic hydroxyl groups excluding tert-OH is 1. The molecule has 36 heavy (non-hydrogen) atoms. The lowest BCUT2D eigenvalue weighted by Gasteiger charge is -2.23.